The first-order valence-corrected chi connectivity index (χ1v) is 5.85. The van der Waals surface area contributed by atoms with Gasteiger partial charge in [0.2, 0.25) is 5.91 Å². The lowest BCUT2D eigenvalue weighted by atomic mass is 9.78. The van der Waals surface area contributed by atoms with Crippen LogP contribution in [0.3, 0.4) is 0 Å². The van der Waals surface area contributed by atoms with Crippen LogP contribution >= 0.6 is 0 Å². The molecule has 0 saturated heterocycles. The van der Waals surface area contributed by atoms with Crippen molar-refractivity contribution in [1.82, 2.24) is 5.32 Å². The van der Waals surface area contributed by atoms with E-state index < -0.39 is 18.0 Å². The summed E-state index contributed by atoms with van der Waals surface area (Å²) in [6.07, 6.45) is -0.613. The first-order chi connectivity index (χ1) is 7.48. The van der Waals surface area contributed by atoms with Gasteiger partial charge in [0.25, 0.3) is 0 Å². The van der Waals surface area contributed by atoms with Crippen LogP contribution < -0.4 is 5.32 Å². The molecule has 0 aromatic rings. The van der Waals surface area contributed by atoms with Crippen molar-refractivity contribution in [3.63, 3.8) is 0 Å². The molecule has 0 radical (unpaired) electrons. The molecule has 2 fully saturated rings. The zero-order valence-electron chi connectivity index (χ0n) is 9.02. The van der Waals surface area contributed by atoms with Gasteiger partial charge in [-0.2, -0.15) is 13.2 Å². The highest BCUT2D eigenvalue weighted by Crippen LogP contribution is 2.41. The third kappa shape index (κ3) is 2.68. The minimum Gasteiger partial charge on any atom is -0.353 e. The molecule has 5 heteroatoms. The molecule has 0 heterocycles. The van der Waals surface area contributed by atoms with Crippen LogP contribution in [-0.4, -0.2) is 18.1 Å². The topological polar surface area (TPSA) is 29.1 Å². The second kappa shape index (κ2) is 4.26. The van der Waals surface area contributed by atoms with Crippen LogP contribution in [0.1, 0.15) is 38.5 Å². The maximum absolute atomic E-state index is 12.7. The molecule has 2 unspecified atom stereocenters. The number of alkyl halides is 3. The fraction of sp³-hybridized carbons (Fsp3) is 0.909. The number of hydrogen-bond acceptors (Lipinski definition) is 1. The monoisotopic (exact) mass is 235 g/mol. The molecule has 0 aromatic carbocycles. The number of nitrogens with one attached hydrogen (secondary N) is 1. The second-order valence-electron chi connectivity index (χ2n) is 4.82. The summed E-state index contributed by atoms with van der Waals surface area (Å²) in [5.41, 5.74) is 0. The van der Waals surface area contributed by atoms with Crippen LogP contribution in [0.2, 0.25) is 0 Å². The maximum atomic E-state index is 12.7. The predicted octanol–water partition coefficient (Wildman–Crippen LogP) is 2.63. The summed E-state index contributed by atoms with van der Waals surface area (Å²) in [5, 5.41) is 2.69. The van der Waals surface area contributed by atoms with Crippen LogP contribution in [0, 0.1) is 11.8 Å². The Balaban J connectivity index is 2.00. The Hall–Kier alpha value is -0.740. The lowest BCUT2D eigenvalue weighted by Gasteiger charge is -2.32. The number of carbonyl (C=O) groups excluding carboxylic acids is 1. The van der Waals surface area contributed by atoms with Gasteiger partial charge in [0.05, 0.1) is 5.92 Å². The number of rotatable bonds is 2. The molecule has 1 amide bonds. The quantitative estimate of drug-likeness (QED) is 0.783. The Morgan fingerprint density at radius 3 is 2.25 bits per heavy atom. The van der Waals surface area contributed by atoms with Gasteiger partial charge in [-0.1, -0.05) is 12.8 Å². The average Bonchev–Trinajstić information content (AvgIpc) is 3.00. The molecule has 0 aliphatic heterocycles. The normalized spacial score (nSPS) is 31.2. The van der Waals surface area contributed by atoms with E-state index in [-0.39, 0.29) is 18.4 Å². The van der Waals surface area contributed by atoms with Gasteiger partial charge in [0.1, 0.15) is 0 Å². The van der Waals surface area contributed by atoms with Crippen molar-refractivity contribution in [2.45, 2.75) is 50.7 Å². The first-order valence-electron chi connectivity index (χ1n) is 5.85. The van der Waals surface area contributed by atoms with Crippen LogP contribution in [0.5, 0.6) is 0 Å². The summed E-state index contributed by atoms with van der Waals surface area (Å²) in [4.78, 5) is 11.7. The molecule has 0 spiro atoms. The van der Waals surface area contributed by atoms with E-state index in [1.165, 1.54) is 0 Å². The van der Waals surface area contributed by atoms with Crippen LogP contribution in [-0.2, 0) is 4.79 Å². The van der Waals surface area contributed by atoms with Crippen molar-refractivity contribution in [1.29, 1.82) is 0 Å². The lowest BCUT2D eigenvalue weighted by molar-refractivity contribution is -0.198. The minimum absolute atomic E-state index is 0.103. The van der Waals surface area contributed by atoms with E-state index in [0.717, 1.165) is 19.3 Å². The summed E-state index contributed by atoms with van der Waals surface area (Å²) in [5.74, 6) is -2.67. The maximum Gasteiger partial charge on any atom is 0.392 e. The average molecular weight is 235 g/mol. The van der Waals surface area contributed by atoms with Gasteiger partial charge in [0.15, 0.2) is 0 Å². The summed E-state index contributed by atoms with van der Waals surface area (Å²) in [6, 6.07) is 0.142. The summed E-state index contributed by atoms with van der Waals surface area (Å²) >= 11 is 0. The Morgan fingerprint density at radius 1 is 1.06 bits per heavy atom. The highest BCUT2D eigenvalue weighted by atomic mass is 19.4. The van der Waals surface area contributed by atoms with Crippen molar-refractivity contribution in [2.24, 2.45) is 11.8 Å². The van der Waals surface area contributed by atoms with Gasteiger partial charge in [-0.25, -0.2) is 0 Å². The zero-order valence-corrected chi connectivity index (χ0v) is 9.02. The smallest absolute Gasteiger partial charge is 0.353 e. The first kappa shape index (κ1) is 11.7. The van der Waals surface area contributed by atoms with Gasteiger partial charge in [0, 0.05) is 12.0 Å². The molecular weight excluding hydrogens is 219 g/mol. The largest absolute Gasteiger partial charge is 0.392 e. The molecular formula is C11H16F3NO. The van der Waals surface area contributed by atoms with Crippen molar-refractivity contribution in [3.8, 4) is 0 Å². The molecule has 2 aliphatic carbocycles. The fourth-order valence-electron chi connectivity index (χ4n) is 2.37. The fourth-order valence-corrected chi connectivity index (χ4v) is 2.37. The van der Waals surface area contributed by atoms with Gasteiger partial charge in [-0.05, 0) is 25.7 Å². The van der Waals surface area contributed by atoms with E-state index in [2.05, 4.69) is 5.32 Å². The third-order valence-corrected chi connectivity index (χ3v) is 3.45. The van der Waals surface area contributed by atoms with Gasteiger partial charge < -0.3 is 5.32 Å². The molecule has 2 aliphatic rings. The molecule has 2 saturated carbocycles. The van der Waals surface area contributed by atoms with Crippen molar-refractivity contribution >= 4 is 5.91 Å². The van der Waals surface area contributed by atoms with E-state index in [9.17, 15) is 18.0 Å². The molecule has 2 atom stereocenters. The number of halogens is 3. The van der Waals surface area contributed by atoms with Gasteiger partial charge in [-0.15, -0.1) is 0 Å². The molecule has 0 aromatic heterocycles. The minimum atomic E-state index is -4.23. The van der Waals surface area contributed by atoms with Crippen LogP contribution in [0.15, 0.2) is 0 Å². The standard InChI is InChI=1S/C11H16F3NO/c12-11(13,14)9-4-2-1-3-8(9)10(16)15-7-5-6-7/h7-9H,1-6H2,(H,15,16). The molecule has 2 nitrogen and oxygen atoms in total. The number of carbonyl (C=O) groups is 1. The van der Waals surface area contributed by atoms with E-state index in [1.54, 1.807) is 0 Å². The van der Waals surface area contributed by atoms with Crippen molar-refractivity contribution in [3.05, 3.63) is 0 Å². The van der Waals surface area contributed by atoms with Gasteiger partial charge in [-0.3, -0.25) is 4.79 Å². The SMILES string of the molecule is O=C(NC1CC1)C1CCCCC1C(F)(F)F. The predicted molar refractivity (Wildman–Crippen MR) is 52.7 cm³/mol. The van der Waals surface area contributed by atoms with Gasteiger partial charge >= 0.3 is 6.18 Å². The zero-order chi connectivity index (χ0) is 11.8. The molecule has 92 valence electrons. The third-order valence-electron chi connectivity index (χ3n) is 3.45. The molecule has 2 rings (SSSR count). The van der Waals surface area contributed by atoms with Crippen molar-refractivity contribution < 1.29 is 18.0 Å². The summed E-state index contributed by atoms with van der Waals surface area (Å²) < 4.78 is 38.2. The summed E-state index contributed by atoms with van der Waals surface area (Å²) in [6.45, 7) is 0. The van der Waals surface area contributed by atoms with E-state index in [0.29, 0.717) is 12.8 Å². The van der Waals surface area contributed by atoms with Crippen molar-refractivity contribution in [2.75, 3.05) is 0 Å². The Morgan fingerprint density at radius 2 is 1.69 bits per heavy atom. The second-order valence-corrected chi connectivity index (χ2v) is 4.82. The summed E-state index contributed by atoms with van der Waals surface area (Å²) in [7, 11) is 0. The van der Waals surface area contributed by atoms with Crippen LogP contribution in [0.4, 0.5) is 13.2 Å². The Bertz CT molecular complexity index is 273. The van der Waals surface area contributed by atoms with E-state index >= 15 is 0 Å². The Kier molecular flexibility index (Phi) is 3.13. The molecule has 16 heavy (non-hydrogen) atoms. The number of hydrogen-bond donors (Lipinski definition) is 1. The number of amides is 1. The molecule has 0 bridgehead atoms. The lowest BCUT2D eigenvalue weighted by Crippen LogP contribution is -2.43. The molecule has 1 N–H and O–H groups in total. The highest BCUT2D eigenvalue weighted by Gasteiger charge is 2.48. The highest BCUT2D eigenvalue weighted by molar-refractivity contribution is 5.79. The Labute approximate surface area is 92.6 Å². The van der Waals surface area contributed by atoms with E-state index in [1.807, 2.05) is 0 Å². The van der Waals surface area contributed by atoms with Crippen LogP contribution in [0.25, 0.3) is 0 Å². The van der Waals surface area contributed by atoms with E-state index in [4.69, 9.17) is 0 Å².